The lowest BCUT2D eigenvalue weighted by molar-refractivity contribution is 0.290. The summed E-state index contributed by atoms with van der Waals surface area (Å²) in [6, 6.07) is 6.78. The topological polar surface area (TPSA) is 58.5 Å². The molecule has 3 atom stereocenters. The highest BCUT2D eigenvalue weighted by Crippen LogP contribution is 2.56. The van der Waals surface area contributed by atoms with E-state index in [1.807, 2.05) is 13.0 Å². The number of aryl methyl sites for hydroxylation is 1. The first-order chi connectivity index (χ1) is 11.5. The molecule has 1 spiro atoms. The van der Waals surface area contributed by atoms with E-state index in [9.17, 15) is 8.42 Å². The van der Waals surface area contributed by atoms with E-state index in [-0.39, 0.29) is 10.3 Å². The van der Waals surface area contributed by atoms with Gasteiger partial charge >= 0.3 is 0 Å². The monoisotopic (exact) mass is 342 g/mol. The Hall–Kier alpha value is -1.88. The van der Waals surface area contributed by atoms with Gasteiger partial charge in [0.15, 0.2) is 0 Å². The van der Waals surface area contributed by atoms with Gasteiger partial charge < -0.3 is 0 Å². The van der Waals surface area contributed by atoms with Crippen LogP contribution in [0, 0.1) is 24.2 Å². The molecule has 0 amide bonds. The maximum Gasteiger partial charge on any atom is 0.276 e. The zero-order chi connectivity index (χ0) is 16.8. The van der Waals surface area contributed by atoms with Crippen molar-refractivity contribution < 1.29 is 8.42 Å². The second-order valence-corrected chi connectivity index (χ2v) is 8.93. The van der Waals surface area contributed by atoms with Crippen LogP contribution in [0.25, 0.3) is 0 Å². The van der Waals surface area contributed by atoms with E-state index in [4.69, 9.17) is 0 Å². The number of hydrogen-bond acceptors (Lipinski definition) is 3. The Bertz CT molecular complexity index is 837. The normalized spacial score (nSPS) is 32.8. The second-order valence-electron chi connectivity index (χ2n) is 7.27. The van der Waals surface area contributed by atoms with E-state index in [2.05, 4.69) is 28.2 Å². The molecule has 5 heteroatoms. The van der Waals surface area contributed by atoms with E-state index in [1.165, 1.54) is 12.8 Å². The van der Waals surface area contributed by atoms with Crippen LogP contribution in [0.2, 0.25) is 0 Å². The third-order valence-corrected chi connectivity index (χ3v) is 6.87. The molecule has 0 aromatic heterocycles. The maximum absolute atomic E-state index is 12.3. The first kappa shape index (κ1) is 15.6. The molecule has 1 saturated carbocycles. The van der Waals surface area contributed by atoms with Crippen molar-refractivity contribution in [2.45, 2.75) is 37.5 Å². The first-order valence-electron chi connectivity index (χ1n) is 8.49. The summed E-state index contributed by atoms with van der Waals surface area (Å²) in [4.78, 5) is 2.61. The van der Waals surface area contributed by atoms with Gasteiger partial charge in [0.1, 0.15) is 0 Å². The van der Waals surface area contributed by atoms with Crippen LogP contribution in [-0.4, -0.2) is 14.1 Å². The minimum atomic E-state index is -3.59. The summed E-state index contributed by atoms with van der Waals surface area (Å²) in [5.74, 6) is 1.39. The molecule has 0 aliphatic heterocycles. The van der Waals surface area contributed by atoms with E-state index in [0.29, 0.717) is 5.92 Å². The quantitative estimate of drug-likeness (QED) is 0.674. The SMILES string of the molecule is Cc1ccc(S(=O)(=O)N/N=C2\C=CC3(CC2)CC2C=CC3C2)cc1. The van der Waals surface area contributed by atoms with Crippen molar-refractivity contribution in [2.24, 2.45) is 22.4 Å². The Morgan fingerprint density at radius 1 is 1.21 bits per heavy atom. The number of nitrogens with zero attached hydrogens (tertiary/aromatic N) is 1. The Balaban J connectivity index is 1.47. The molecule has 1 aromatic rings. The van der Waals surface area contributed by atoms with E-state index in [0.717, 1.165) is 30.0 Å². The zero-order valence-corrected chi connectivity index (χ0v) is 14.6. The zero-order valence-electron chi connectivity index (χ0n) is 13.8. The van der Waals surface area contributed by atoms with Gasteiger partial charge in [0.05, 0.1) is 10.6 Å². The molecule has 0 heterocycles. The molecule has 2 bridgehead atoms. The number of sulfonamides is 1. The minimum absolute atomic E-state index is 0.243. The lowest BCUT2D eigenvalue weighted by Crippen LogP contribution is -2.28. The number of hydrogen-bond donors (Lipinski definition) is 1. The third-order valence-electron chi connectivity index (χ3n) is 5.65. The Kier molecular flexibility index (Phi) is 3.64. The van der Waals surface area contributed by atoms with Gasteiger partial charge in [0, 0.05) is 0 Å². The van der Waals surface area contributed by atoms with Crippen LogP contribution in [0.15, 0.2) is 58.6 Å². The Morgan fingerprint density at radius 2 is 2.00 bits per heavy atom. The molecule has 3 aliphatic rings. The molecule has 3 aliphatic carbocycles. The predicted molar refractivity (Wildman–Crippen MR) is 95.1 cm³/mol. The number of allylic oxidation sites excluding steroid dienone is 4. The van der Waals surface area contributed by atoms with E-state index < -0.39 is 10.0 Å². The van der Waals surface area contributed by atoms with Gasteiger partial charge in [0.25, 0.3) is 10.0 Å². The third kappa shape index (κ3) is 2.71. The smallest absolute Gasteiger partial charge is 0.200 e. The summed E-state index contributed by atoms with van der Waals surface area (Å²) < 4.78 is 24.6. The molecular formula is C19H22N2O2S. The molecule has 24 heavy (non-hydrogen) atoms. The average Bonchev–Trinajstić information content (AvgIpc) is 3.16. The van der Waals surface area contributed by atoms with Gasteiger partial charge in [0.2, 0.25) is 0 Å². The molecule has 0 saturated heterocycles. The maximum atomic E-state index is 12.3. The van der Waals surface area contributed by atoms with Crippen molar-refractivity contribution in [2.75, 3.05) is 0 Å². The van der Waals surface area contributed by atoms with Crippen LogP contribution in [0.3, 0.4) is 0 Å². The van der Waals surface area contributed by atoms with Gasteiger partial charge in [-0.05, 0) is 68.1 Å². The molecule has 4 rings (SSSR count). The number of nitrogens with one attached hydrogen (secondary N) is 1. The van der Waals surface area contributed by atoms with Crippen molar-refractivity contribution in [3.8, 4) is 0 Å². The lowest BCUT2D eigenvalue weighted by atomic mass is 9.69. The van der Waals surface area contributed by atoms with Crippen molar-refractivity contribution in [1.82, 2.24) is 4.83 Å². The number of benzene rings is 1. The predicted octanol–water partition coefficient (Wildman–Crippen LogP) is 3.56. The number of fused-ring (bicyclic) bond motifs is 3. The largest absolute Gasteiger partial charge is 0.276 e. The van der Waals surface area contributed by atoms with E-state index in [1.54, 1.807) is 24.3 Å². The standard InChI is InChI=1S/C19H22N2O2S/c1-14-2-6-18(7-3-14)24(22,23)21-20-17-8-10-19(11-9-17)13-15-4-5-16(19)12-15/h2-8,10,15-16,21H,9,11-13H2,1H3/b20-17+. The highest BCUT2D eigenvalue weighted by Gasteiger charge is 2.47. The van der Waals surface area contributed by atoms with Crippen LogP contribution in [-0.2, 0) is 10.0 Å². The van der Waals surface area contributed by atoms with Crippen LogP contribution < -0.4 is 4.83 Å². The number of hydrazone groups is 1. The second kappa shape index (κ2) is 5.59. The molecule has 3 unspecified atom stereocenters. The number of rotatable bonds is 3. The molecule has 0 radical (unpaired) electrons. The molecule has 4 nitrogen and oxygen atoms in total. The van der Waals surface area contributed by atoms with E-state index >= 15 is 0 Å². The van der Waals surface area contributed by atoms with Crippen molar-refractivity contribution in [3.63, 3.8) is 0 Å². The molecule has 1 N–H and O–H groups in total. The van der Waals surface area contributed by atoms with Crippen LogP contribution in [0.4, 0.5) is 0 Å². The Morgan fingerprint density at radius 3 is 2.58 bits per heavy atom. The molecule has 126 valence electrons. The highest BCUT2D eigenvalue weighted by molar-refractivity contribution is 7.89. The average molecular weight is 342 g/mol. The summed E-state index contributed by atoms with van der Waals surface area (Å²) in [7, 11) is -3.59. The van der Waals surface area contributed by atoms with Crippen LogP contribution in [0.1, 0.15) is 31.2 Å². The molecule has 1 aromatic carbocycles. The fourth-order valence-electron chi connectivity index (χ4n) is 4.24. The van der Waals surface area contributed by atoms with Crippen molar-refractivity contribution in [3.05, 3.63) is 54.1 Å². The van der Waals surface area contributed by atoms with Crippen molar-refractivity contribution >= 4 is 15.7 Å². The summed E-state index contributed by atoms with van der Waals surface area (Å²) >= 11 is 0. The van der Waals surface area contributed by atoms with Gasteiger partial charge in [-0.25, -0.2) is 0 Å². The van der Waals surface area contributed by atoms with Gasteiger partial charge in [-0.15, -0.1) is 0 Å². The van der Waals surface area contributed by atoms with Crippen LogP contribution >= 0.6 is 0 Å². The van der Waals surface area contributed by atoms with Gasteiger partial charge in [-0.3, -0.25) is 0 Å². The Labute approximate surface area is 143 Å². The fourth-order valence-corrected chi connectivity index (χ4v) is 5.08. The summed E-state index contributed by atoms with van der Waals surface area (Å²) in [6.07, 6.45) is 13.4. The van der Waals surface area contributed by atoms with Gasteiger partial charge in [-0.1, -0.05) is 35.9 Å². The van der Waals surface area contributed by atoms with Crippen molar-refractivity contribution in [1.29, 1.82) is 0 Å². The summed E-state index contributed by atoms with van der Waals surface area (Å²) in [5, 5.41) is 4.14. The minimum Gasteiger partial charge on any atom is -0.200 e. The summed E-state index contributed by atoms with van der Waals surface area (Å²) in [6.45, 7) is 1.93. The molecule has 1 fully saturated rings. The molecular weight excluding hydrogens is 320 g/mol. The first-order valence-corrected chi connectivity index (χ1v) is 9.98. The highest BCUT2D eigenvalue weighted by atomic mass is 32.2. The fraction of sp³-hybridized carbons (Fsp3) is 0.421. The van der Waals surface area contributed by atoms with Crippen LogP contribution in [0.5, 0.6) is 0 Å². The lowest BCUT2D eigenvalue weighted by Gasteiger charge is -2.35. The summed E-state index contributed by atoms with van der Waals surface area (Å²) in [5.41, 5.74) is 2.12. The van der Waals surface area contributed by atoms with Gasteiger partial charge in [-0.2, -0.15) is 18.4 Å².